The van der Waals surface area contributed by atoms with Crippen molar-refractivity contribution in [1.82, 2.24) is 0 Å². The highest BCUT2D eigenvalue weighted by Gasteiger charge is 2.15. The molecule has 0 amide bonds. The van der Waals surface area contributed by atoms with Gasteiger partial charge in [-0.3, -0.25) is 4.79 Å². The molecule has 0 radical (unpaired) electrons. The van der Waals surface area contributed by atoms with Crippen LogP contribution in [-0.2, 0) is 11.2 Å². The first-order chi connectivity index (χ1) is 10.5. The lowest BCUT2D eigenvalue weighted by Gasteiger charge is -2.19. The monoisotopic (exact) mass is 325 g/mol. The number of carboxylic acid groups (broad SMARTS) is 1. The highest BCUT2D eigenvalue weighted by Crippen LogP contribution is 2.23. The highest BCUT2D eigenvalue weighted by atomic mass is 32.2. The van der Waals surface area contributed by atoms with Gasteiger partial charge in [-0.15, -0.1) is 11.8 Å². The molecule has 1 aromatic carbocycles. The summed E-state index contributed by atoms with van der Waals surface area (Å²) >= 11 is 1.71. The Bertz CT molecular complexity index is 446. The van der Waals surface area contributed by atoms with E-state index in [1.54, 1.807) is 11.8 Å². The number of carboxylic acids is 1. The van der Waals surface area contributed by atoms with Crippen molar-refractivity contribution in [3.8, 4) is 0 Å². The molecular weight excluding hydrogens is 298 g/mol. The Labute approximate surface area is 137 Å². The van der Waals surface area contributed by atoms with Gasteiger partial charge in [-0.05, 0) is 36.5 Å². The molecule has 0 aliphatic heterocycles. The summed E-state index contributed by atoms with van der Waals surface area (Å²) in [5.41, 5.74) is 6.45. The first-order valence-corrected chi connectivity index (χ1v) is 8.84. The third-order valence-electron chi connectivity index (χ3n) is 3.97. The second-order valence-electron chi connectivity index (χ2n) is 5.57. The van der Waals surface area contributed by atoms with Crippen molar-refractivity contribution in [3.05, 3.63) is 29.8 Å². The number of rotatable bonds is 10. The van der Waals surface area contributed by atoms with Crippen LogP contribution in [-0.4, -0.2) is 34.1 Å². The molecule has 5 heteroatoms. The van der Waals surface area contributed by atoms with Crippen molar-refractivity contribution in [2.24, 2.45) is 11.7 Å². The predicted molar refractivity (Wildman–Crippen MR) is 91.2 cm³/mol. The van der Waals surface area contributed by atoms with Crippen LogP contribution < -0.4 is 5.73 Å². The van der Waals surface area contributed by atoms with Crippen molar-refractivity contribution in [1.29, 1.82) is 0 Å². The minimum atomic E-state index is -0.978. The molecule has 4 nitrogen and oxygen atoms in total. The van der Waals surface area contributed by atoms with E-state index in [0.717, 1.165) is 35.5 Å². The average Bonchev–Trinajstić information content (AvgIpc) is 2.50. The summed E-state index contributed by atoms with van der Waals surface area (Å²) in [6, 6.07) is 6.95. The molecule has 124 valence electrons. The Morgan fingerprint density at radius 3 is 2.32 bits per heavy atom. The van der Waals surface area contributed by atoms with Crippen molar-refractivity contribution in [2.75, 3.05) is 5.75 Å². The molecule has 0 bridgehead atoms. The van der Waals surface area contributed by atoms with Crippen LogP contribution in [0.1, 0.15) is 38.7 Å². The highest BCUT2D eigenvalue weighted by molar-refractivity contribution is 7.99. The Kier molecular flexibility index (Phi) is 8.53. The largest absolute Gasteiger partial charge is 0.480 e. The molecule has 0 heterocycles. The van der Waals surface area contributed by atoms with Gasteiger partial charge >= 0.3 is 5.97 Å². The van der Waals surface area contributed by atoms with Crippen LogP contribution in [0.5, 0.6) is 0 Å². The summed E-state index contributed by atoms with van der Waals surface area (Å²) in [5, 5.41) is 18.9. The van der Waals surface area contributed by atoms with Crippen LogP contribution >= 0.6 is 11.8 Å². The molecule has 0 aliphatic carbocycles. The molecule has 0 fully saturated rings. The maximum atomic E-state index is 10.7. The molecule has 22 heavy (non-hydrogen) atoms. The SMILES string of the molecule is CCC(CC)C(O)CCSc1ccc(CC(N)C(=O)O)cc1. The summed E-state index contributed by atoms with van der Waals surface area (Å²) in [6.45, 7) is 4.23. The number of benzene rings is 1. The molecule has 0 aromatic heterocycles. The van der Waals surface area contributed by atoms with E-state index in [9.17, 15) is 9.90 Å². The first-order valence-electron chi connectivity index (χ1n) is 7.86. The minimum absolute atomic E-state index is 0.227. The Morgan fingerprint density at radius 1 is 1.23 bits per heavy atom. The molecule has 0 aliphatic rings. The van der Waals surface area contributed by atoms with Crippen LogP contribution in [0.15, 0.2) is 29.2 Å². The van der Waals surface area contributed by atoms with E-state index in [4.69, 9.17) is 10.8 Å². The molecule has 2 unspecified atom stereocenters. The van der Waals surface area contributed by atoms with Crippen molar-refractivity contribution < 1.29 is 15.0 Å². The third-order valence-corrected chi connectivity index (χ3v) is 5.02. The molecule has 0 saturated carbocycles. The average molecular weight is 325 g/mol. The second-order valence-corrected chi connectivity index (χ2v) is 6.74. The van der Waals surface area contributed by atoms with E-state index in [1.165, 1.54) is 0 Å². The second kappa shape index (κ2) is 9.87. The van der Waals surface area contributed by atoms with E-state index in [1.807, 2.05) is 24.3 Å². The lowest BCUT2D eigenvalue weighted by atomic mass is 9.95. The van der Waals surface area contributed by atoms with Crippen molar-refractivity contribution >= 4 is 17.7 Å². The van der Waals surface area contributed by atoms with Crippen molar-refractivity contribution in [3.63, 3.8) is 0 Å². The number of aliphatic hydroxyl groups is 1. The number of nitrogens with two attached hydrogens (primary N) is 1. The van der Waals surface area contributed by atoms with Gasteiger partial charge < -0.3 is 15.9 Å². The van der Waals surface area contributed by atoms with Crippen LogP contribution in [0.2, 0.25) is 0 Å². The zero-order valence-corrected chi connectivity index (χ0v) is 14.2. The fourth-order valence-electron chi connectivity index (χ4n) is 2.43. The molecule has 1 aromatic rings. The van der Waals surface area contributed by atoms with Crippen LogP contribution in [0.3, 0.4) is 0 Å². The summed E-state index contributed by atoms with van der Waals surface area (Å²) in [7, 11) is 0. The Balaban J connectivity index is 2.40. The smallest absolute Gasteiger partial charge is 0.320 e. The van der Waals surface area contributed by atoms with Gasteiger partial charge in [0.2, 0.25) is 0 Å². The number of hydrogen-bond donors (Lipinski definition) is 3. The van der Waals surface area contributed by atoms with Crippen LogP contribution in [0.25, 0.3) is 0 Å². The molecular formula is C17H27NO3S. The summed E-state index contributed by atoms with van der Waals surface area (Å²) in [5.74, 6) is 0.292. The zero-order chi connectivity index (χ0) is 16.5. The lowest BCUT2D eigenvalue weighted by Crippen LogP contribution is -2.32. The fraction of sp³-hybridized carbons (Fsp3) is 0.588. The van der Waals surface area contributed by atoms with Gasteiger partial charge in [0.25, 0.3) is 0 Å². The predicted octanol–water partition coefficient (Wildman–Crippen LogP) is 2.92. The Morgan fingerprint density at radius 2 is 1.82 bits per heavy atom. The lowest BCUT2D eigenvalue weighted by molar-refractivity contribution is -0.138. The van der Waals surface area contributed by atoms with Gasteiger partial charge in [0.15, 0.2) is 0 Å². The van der Waals surface area contributed by atoms with E-state index in [2.05, 4.69) is 13.8 Å². The van der Waals surface area contributed by atoms with Crippen LogP contribution in [0, 0.1) is 5.92 Å². The number of aliphatic hydroxyl groups excluding tert-OH is 1. The van der Waals surface area contributed by atoms with Gasteiger partial charge in [-0.25, -0.2) is 0 Å². The first kappa shape index (κ1) is 19.0. The topological polar surface area (TPSA) is 83.5 Å². The normalized spacial score (nSPS) is 14.0. The maximum absolute atomic E-state index is 10.7. The molecule has 4 N–H and O–H groups in total. The van der Waals surface area contributed by atoms with Crippen molar-refractivity contribution in [2.45, 2.75) is 56.6 Å². The third kappa shape index (κ3) is 6.38. The van der Waals surface area contributed by atoms with Crippen LogP contribution in [0.4, 0.5) is 0 Å². The number of carbonyl (C=O) groups is 1. The van der Waals surface area contributed by atoms with E-state index >= 15 is 0 Å². The number of aliphatic carboxylic acids is 1. The van der Waals surface area contributed by atoms with Gasteiger partial charge in [0.1, 0.15) is 6.04 Å². The molecule has 1 rings (SSSR count). The van der Waals surface area contributed by atoms with E-state index < -0.39 is 12.0 Å². The van der Waals surface area contributed by atoms with E-state index in [0.29, 0.717) is 12.3 Å². The summed E-state index contributed by atoms with van der Waals surface area (Å²) < 4.78 is 0. The molecule has 0 saturated heterocycles. The van der Waals surface area contributed by atoms with E-state index in [-0.39, 0.29) is 6.10 Å². The summed E-state index contributed by atoms with van der Waals surface area (Å²) in [6.07, 6.45) is 2.94. The standard InChI is InChI=1S/C17H27NO3S/c1-3-13(4-2)16(19)9-10-22-14-7-5-12(6-8-14)11-15(18)17(20)21/h5-8,13,15-16,19H,3-4,9-11,18H2,1-2H3,(H,20,21). The molecule has 0 spiro atoms. The summed E-state index contributed by atoms with van der Waals surface area (Å²) in [4.78, 5) is 11.9. The minimum Gasteiger partial charge on any atom is -0.480 e. The molecule has 2 atom stereocenters. The fourth-order valence-corrected chi connectivity index (χ4v) is 3.35. The van der Waals surface area contributed by atoms with Gasteiger partial charge in [-0.1, -0.05) is 38.8 Å². The van der Waals surface area contributed by atoms with Gasteiger partial charge in [-0.2, -0.15) is 0 Å². The number of hydrogen-bond acceptors (Lipinski definition) is 4. The maximum Gasteiger partial charge on any atom is 0.320 e. The zero-order valence-electron chi connectivity index (χ0n) is 13.4. The quantitative estimate of drug-likeness (QED) is 0.576. The Hall–Kier alpha value is -1.04. The van der Waals surface area contributed by atoms with Gasteiger partial charge in [0, 0.05) is 10.6 Å². The number of thioether (sulfide) groups is 1. The van der Waals surface area contributed by atoms with Gasteiger partial charge in [0.05, 0.1) is 6.10 Å².